The smallest absolute Gasteiger partial charge is 0.233 e. The predicted octanol–water partition coefficient (Wildman–Crippen LogP) is 3.79. The van der Waals surface area contributed by atoms with Crippen LogP contribution in [0.1, 0.15) is 18.4 Å². The van der Waals surface area contributed by atoms with Gasteiger partial charge in [0.15, 0.2) is 0 Å². The fourth-order valence-corrected chi connectivity index (χ4v) is 6.05. The molecule has 1 aromatic carbocycles. The maximum Gasteiger partial charge on any atom is 0.233 e. The maximum absolute atomic E-state index is 12.9. The van der Waals surface area contributed by atoms with Crippen LogP contribution in [0.15, 0.2) is 28.8 Å². The van der Waals surface area contributed by atoms with Gasteiger partial charge in [-0.2, -0.15) is 0 Å². The van der Waals surface area contributed by atoms with E-state index in [1.165, 1.54) is 4.90 Å². The molecule has 1 aromatic rings. The first-order chi connectivity index (χ1) is 13.4. The van der Waals surface area contributed by atoms with Gasteiger partial charge in [0.25, 0.3) is 0 Å². The summed E-state index contributed by atoms with van der Waals surface area (Å²) in [5.41, 5.74) is 1.40. The Morgan fingerprint density at radius 2 is 1.79 bits per heavy atom. The number of rotatable bonds is 4. The molecule has 2 saturated carbocycles. The Balaban J connectivity index is 1.25. The van der Waals surface area contributed by atoms with E-state index in [9.17, 15) is 14.4 Å². The zero-order chi connectivity index (χ0) is 19.7. The van der Waals surface area contributed by atoms with Gasteiger partial charge in [0.1, 0.15) is 0 Å². The van der Waals surface area contributed by atoms with Gasteiger partial charge in [0.2, 0.25) is 17.7 Å². The molecule has 4 aliphatic carbocycles. The molecule has 2 bridgehead atoms. The predicted molar refractivity (Wildman–Crippen MR) is 109 cm³/mol. The molecule has 0 radical (unpaired) electrons. The lowest BCUT2D eigenvalue weighted by molar-refractivity contribution is -0.140. The molecule has 3 amide bonds. The Hall–Kier alpha value is -1.66. The average Bonchev–Trinajstić information content (AvgIpc) is 3.46. The SMILES string of the molecule is Cc1c(NC(=O)CCN2C(=O)[C@@H]3[C@H]4C=C[C@H]([C@H]5C[C@H]45)[C@@H]3C2=O)ccc(Br)c1Cl. The number of nitrogens with one attached hydrogen (secondary N) is 1. The maximum atomic E-state index is 12.9. The zero-order valence-electron chi connectivity index (χ0n) is 15.3. The van der Waals surface area contributed by atoms with Crippen molar-refractivity contribution < 1.29 is 14.4 Å². The van der Waals surface area contributed by atoms with Crippen molar-refractivity contribution in [3.05, 3.63) is 39.3 Å². The number of imide groups is 1. The molecule has 146 valence electrons. The molecule has 1 saturated heterocycles. The Morgan fingerprint density at radius 3 is 2.39 bits per heavy atom. The lowest BCUT2D eigenvalue weighted by atomic mass is 9.63. The number of likely N-dealkylation sites (tertiary alicyclic amines) is 1. The van der Waals surface area contributed by atoms with Gasteiger partial charge in [-0.1, -0.05) is 23.8 Å². The second-order valence-corrected chi connectivity index (χ2v) is 9.55. The van der Waals surface area contributed by atoms with Gasteiger partial charge in [-0.05, 0) is 70.6 Å². The van der Waals surface area contributed by atoms with Crippen LogP contribution in [0.2, 0.25) is 5.02 Å². The third-order valence-corrected chi connectivity index (χ3v) is 8.31. The Kier molecular flexibility index (Phi) is 4.22. The molecule has 1 N–H and O–H groups in total. The monoisotopic (exact) mass is 462 g/mol. The van der Waals surface area contributed by atoms with Gasteiger partial charge in [-0.25, -0.2) is 0 Å². The summed E-state index contributed by atoms with van der Waals surface area (Å²) >= 11 is 9.56. The van der Waals surface area contributed by atoms with E-state index in [1.807, 2.05) is 6.92 Å². The van der Waals surface area contributed by atoms with Crippen LogP contribution in [0, 0.1) is 42.4 Å². The average molecular weight is 464 g/mol. The molecule has 5 nitrogen and oxygen atoms in total. The second kappa shape index (κ2) is 6.42. The molecule has 0 aromatic heterocycles. The largest absolute Gasteiger partial charge is 0.326 e. The summed E-state index contributed by atoms with van der Waals surface area (Å²) in [7, 11) is 0. The molecule has 6 rings (SSSR count). The van der Waals surface area contributed by atoms with Crippen molar-refractivity contribution in [1.29, 1.82) is 0 Å². The summed E-state index contributed by atoms with van der Waals surface area (Å²) in [5.74, 6) is 0.767. The molecule has 0 unspecified atom stereocenters. The fourth-order valence-electron chi connectivity index (χ4n) is 5.45. The summed E-state index contributed by atoms with van der Waals surface area (Å²) in [6.45, 7) is 1.96. The van der Waals surface area contributed by atoms with Crippen molar-refractivity contribution in [1.82, 2.24) is 4.90 Å². The quantitative estimate of drug-likeness (QED) is 0.546. The van der Waals surface area contributed by atoms with Crippen LogP contribution in [0.5, 0.6) is 0 Å². The third-order valence-electron chi connectivity index (χ3n) is 6.93. The normalized spacial score (nSPS) is 34.5. The van der Waals surface area contributed by atoms with Gasteiger partial charge in [-0.3, -0.25) is 19.3 Å². The van der Waals surface area contributed by atoms with E-state index < -0.39 is 0 Å². The molecule has 1 aliphatic heterocycles. The van der Waals surface area contributed by atoms with Crippen molar-refractivity contribution >= 4 is 50.9 Å². The minimum absolute atomic E-state index is 0.0830. The van der Waals surface area contributed by atoms with E-state index in [0.29, 0.717) is 22.5 Å². The molecule has 0 spiro atoms. The van der Waals surface area contributed by atoms with Crippen molar-refractivity contribution in [2.75, 3.05) is 11.9 Å². The number of hydrogen-bond acceptors (Lipinski definition) is 3. The third kappa shape index (κ3) is 2.61. The highest BCUT2D eigenvalue weighted by Crippen LogP contribution is 2.65. The summed E-state index contributed by atoms with van der Waals surface area (Å²) in [4.78, 5) is 39.6. The first kappa shape index (κ1) is 18.4. The lowest BCUT2D eigenvalue weighted by Crippen LogP contribution is -2.40. The van der Waals surface area contributed by atoms with Gasteiger partial charge in [-0.15, -0.1) is 0 Å². The van der Waals surface area contributed by atoms with Crippen molar-refractivity contribution in [3.63, 3.8) is 0 Å². The number of benzene rings is 1. The van der Waals surface area contributed by atoms with E-state index >= 15 is 0 Å². The number of amides is 3. The Bertz CT molecular complexity index is 910. The number of carbonyl (C=O) groups is 3. The summed E-state index contributed by atoms with van der Waals surface area (Å²) in [5, 5.41) is 3.38. The molecule has 28 heavy (non-hydrogen) atoms. The fraction of sp³-hybridized carbons (Fsp3) is 0.476. The number of anilines is 1. The Labute approximate surface area is 176 Å². The second-order valence-electron chi connectivity index (χ2n) is 8.31. The van der Waals surface area contributed by atoms with E-state index in [-0.39, 0.29) is 54.4 Å². The van der Waals surface area contributed by atoms with Crippen molar-refractivity contribution in [3.8, 4) is 0 Å². The van der Waals surface area contributed by atoms with E-state index in [2.05, 4.69) is 33.4 Å². The van der Waals surface area contributed by atoms with Crippen LogP contribution in [-0.4, -0.2) is 29.2 Å². The van der Waals surface area contributed by atoms with E-state index in [0.717, 1.165) is 16.5 Å². The van der Waals surface area contributed by atoms with Crippen LogP contribution in [0.25, 0.3) is 0 Å². The molecule has 3 fully saturated rings. The van der Waals surface area contributed by atoms with Crippen LogP contribution in [-0.2, 0) is 14.4 Å². The minimum atomic E-state index is -0.235. The molecule has 7 heteroatoms. The summed E-state index contributed by atoms with van der Waals surface area (Å²) < 4.78 is 0.766. The van der Waals surface area contributed by atoms with Crippen LogP contribution in [0.4, 0.5) is 5.69 Å². The highest BCUT2D eigenvalue weighted by molar-refractivity contribution is 9.10. The zero-order valence-corrected chi connectivity index (χ0v) is 17.7. The number of allylic oxidation sites excluding steroid dienone is 2. The van der Waals surface area contributed by atoms with Crippen molar-refractivity contribution in [2.24, 2.45) is 35.5 Å². The number of halogens is 2. The van der Waals surface area contributed by atoms with Gasteiger partial charge >= 0.3 is 0 Å². The van der Waals surface area contributed by atoms with Gasteiger partial charge in [0, 0.05) is 23.1 Å². The van der Waals surface area contributed by atoms with Crippen molar-refractivity contribution in [2.45, 2.75) is 19.8 Å². The lowest BCUT2D eigenvalue weighted by Gasteiger charge is -2.37. The van der Waals surface area contributed by atoms with E-state index in [4.69, 9.17) is 11.6 Å². The van der Waals surface area contributed by atoms with Crippen LogP contribution >= 0.6 is 27.5 Å². The number of carbonyl (C=O) groups excluding carboxylic acids is 3. The van der Waals surface area contributed by atoms with Crippen LogP contribution in [0.3, 0.4) is 0 Å². The molecule has 5 aliphatic rings. The van der Waals surface area contributed by atoms with E-state index in [1.54, 1.807) is 12.1 Å². The summed E-state index contributed by atoms with van der Waals surface area (Å²) in [6.07, 6.45) is 5.54. The van der Waals surface area contributed by atoms with Gasteiger partial charge in [0.05, 0.1) is 16.9 Å². The topological polar surface area (TPSA) is 66.5 Å². The first-order valence-corrected chi connectivity index (χ1v) is 10.8. The molecule has 1 heterocycles. The van der Waals surface area contributed by atoms with Gasteiger partial charge < -0.3 is 5.32 Å². The Morgan fingerprint density at radius 1 is 1.18 bits per heavy atom. The number of hydrogen-bond donors (Lipinski definition) is 1. The standard InChI is InChI=1S/C21H20BrClN2O3/c1-9-15(5-4-14(22)19(9)23)24-16(26)6-7-25-20(27)17-10-2-3-11(13-8-12(10)13)18(17)21(25)28/h2-5,10-13,17-18H,6-8H2,1H3,(H,24,26)/t10-,11+,12-,13-,17+,18-/m1/s1. The summed E-state index contributed by atoms with van der Waals surface area (Å²) in [6, 6.07) is 3.55. The van der Waals surface area contributed by atoms with Crippen LogP contribution < -0.4 is 5.32 Å². The molecular formula is C21H20BrClN2O3. The minimum Gasteiger partial charge on any atom is -0.326 e. The molecular weight excluding hydrogens is 444 g/mol. The highest BCUT2D eigenvalue weighted by atomic mass is 79.9. The first-order valence-electron chi connectivity index (χ1n) is 9.66. The molecule has 6 atom stereocenters. The highest BCUT2D eigenvalue weighted by Gasteiger charge is 2.66. The number of nitrogens with zero attached hydrogens (tertiary/aromatic N) is 1.